The highest BCUT2D eigenvalue weighted by atomic mass is 79.9. The second-order valence-corrected chi connectivity index (χ2v) is 9.37. The second-order valence-electron chi connectivity index (χ2n) is 7.34. The molecule has 0 aliphatic rings. The van der Waals surface area contributed by atoms with Crippen molar-refractivity contribution in [2.24, 2.45) is 0 Å². The maximum absolute atomic E-state index is 13.4. The van der Waals surface area contributed by atoms with Gasteiger partial charge in [-0.05, 0) is 49.4 Å². The fraction of sp³-hybridized carbons (Fsp3) is 0.217. The van der Waals surface area contributed by atoms with Crippen molar-refractivity contribution in [1.29, 1.82) is 0 Å². The summed E-state index contributed by atoms with van der Waals surface area (Å²) in [7, 11) is 1.91. The molecule has 0 saturated heterocycles. The molecule has 4 nitrogen and oxygen atoms in total. The summed E-state index contributed by atoms with van der Waals surface area (Å²) in [6.07, 6.45) is -4.58. The van der Waals surface area contributed by atoms with Crippen molar-refractivity contribution < 1.29 is 13.2 Å². The molecule has 2 heterocycles. The molecule has 0 aliphatic carbocycles. The van der Waals surface area contributed by atoms with Crippen molar-refractivity contribution in [3.05, 3.63) is 75.2 Å². The van der Waals surface area contributed by atoms with Crippen molar-refractivity contribution in [2.75, 3.05) is 12.4 Å². The quantitative estimate of drug-likeness (QED) is 0.286. The highest BCUT2D eigenvalue weighted by Gasteiger charge is 2.36. The monoisotopic (exact) mass is 520 g/mol. The second kappa shape index (κ2) is 9.17. The van der Waals surface area contributed by atoms with E-state index in [1.54, 1.807) is 23.5 Å². The summed E-state index contributed by atoms with van der Waals surface area (Å²) < 4.78 is 40.8. The zero-order valence-electron chi connectivity index (χ0n) is 17.3. The smallest absolute Gasteiger partial charge is 0.361 e. The zero-order valence-corrected chi connectivity index (χ0v) is 19.7. The summed E-state index contributed by atoms with van der Waals surface area (Å²) in [5, 5.41) is 14.2. The Morgan fingerprint density at radius 3 is 2.56 bits per heavy atom. The Labute approximate surface area is 196 Å². The predicted octanol–water partition coefficient (Wildman–Crippen LogP) is 7.03. The van der Waals surface area contributed by atoms with Crippen LogP contribution in [0.2, 0.25) is 0 Å². The highest BCUT2D eigenvalue weighted by Crippen LogP contribution is 2.38. The maximum atomic E-state index is 13.4. The van der Waals surface area contributed by atoms with E-state index in [2.05, 4.69) is 55.0 Å². The Morgan fingerprint density at radius 2 is 1.81 bits per heavy atom. The molecular weight excluding hydrogens is 501 g/mol. The van der Waals surface area contributed by atoms with Crippen LogP contribution in [-0.4, -0.2) is 17.2 Å². The number of anilines is 1. The van der Waals surface area contributed by atoms with E-state index >= 15 is 0 Å². The van der Waals surface area contributed by atoms with E-state index in [9.17, 15) is 13.2 Å². The molecule has 2 aromatic carbocycles. The first kappa shape index (κ1) is 22.7. The van der Waals surface area contributed by atoms with Gasteiger partial charge in [-0.25, -0.2) is 0 Å². The minimum atomic E-state index is -4.58. The molecule has 4 aromatic rings. The average molecular weight is 521 g/mol. The Morgan fingerprint density at radius 1 is 1.03 bits per heavy atom. The number of hydrogen-bond acceptors (Lipinski definition) is 5. The molecular formula is C23H20BrF3N4S. The zero-order chi connectivity index (χ0) is 22.9. The van der Waals surface area contributed by atoms with E-state index in [1.807, 2.05) is 32.2 Å². The van der Waals surface area contributed by atoms with E-state index in [0.29, 0.717) is 15.7 Å². The SMILES string of the molecule is CNCc1ccccc1-c1ccc([C@@H](C)Nc2nnc(C(F)(F)F)c3ccc(Br)cc23)s1. The third-order valence-corrected chi connectivity index (χ3v) is 6.86. The molecule has 0 unspecified atom stereocenters. The van der Waals surface area contributed by atoms with Crippen LogP contribution in [0.3, 0.4) is 0 Å². The number of aromatic nitrogens is 2. The van der Waals surface area contributed by atoms with Gasteiger partial charge in [-0.15, -0.1) is 21.5 Å². The van der Waals surface area contributed by atoms with Crippen LogP contribution in [0, 0.1) is 0 Å². The van der Waals surface area contributed by atoms with Crippen LogP contribution in [0.5, 0.6) is 0 Å². The van der Waals surface area contributed by atoms with Gasteiger partial charge in [0.2, 0.25) is 0 Å². The predicted molar refractivity (Wildman–Crippen MR) is 127 cm³/mol. The van der Waals surface area contributed by atoms with Gasteiger partial charge in [0.25, 0.3) is 0 Å². The molecule has 32 heavy (non-hydrogen) atoms. The molecule has 0 saturated carbocycles. The largest absolute Gasteiger partial charge is 0.435 e. The van der Waals surface area contributed by atoms with Gasteiger partial charge in [0.05, 0.1) is 6.04 Å². The minimum Gasteiger partial charge on any atom is -0.361 e. The number of rotatable bonds is 6. The molecule has 0 amide bonds. The molecule has 4 rings (SSSR count). The Hall–Kier alpha value is -2.49. The number of thiophene rings is 1. The van der Waals surface area contributed by atoms with Crippen molar-refractivity contribution in [3.63, 3.8) is 0 Å². The third kappa shape index (κ3) is 4.65. The summed E-state index contributed by atoms with van der Waals surface area (Å²) >= 11 is 4.98. The van der Waals surface area contributed by atoms with Crippen LogP contribution in [-0.2, 0) is 12.7 Å². The molecule has 0 radical (unpaired) electrons. The average Bonchev–Trinajstić information content (AvgIpc) is 3.24. The highest BCUT2D eigenvalue weighted by molar-refractivity contribution is 9.10. The fourth-order valence-corrected chi connectivity index (χ4v) is 4.99. The summed E-state index contributed by atoms with van der Waals surface area (Å²) in [5.74, 6) is 0.312. The van der Waals surface area contributed by atoms with E-state index in [0.717, 1.165) is 21.9 Å². The standard InChI is InChI=1S/C23H20BrF3N4S/c1-13(19-9-10-20(32-19)16-6-4-3-5-14(16)12-28-2)29-22-18-11-15(24)7-8-17(18)21(30-31-22)23(25,26)27/h3-11,13,28H,12H2,1-2H3,(H,29,31)/t13-/m1/s1. The number of halogens is 4. The van der Waals surface area contributed by atoms with Crippen molar-refractivity contribution in [3.8, 4) is 10.4 Å². The Bertz CT molecular complexity index is 1260. The maximum Gasteiger partial charge on any atom is 0.435 e. The summed E-state index contributed by atoms with van der Waals surface area (Å²) in [6.45, 7) is 2.72. The lowest BCUT2D eigenvalue weighted by Gasteiger charge is -2.16. The normalized spacial score (nSPS) is 12.8. The van der Waals surface area contributed by atoms with Crippen molar-refractivity contribution in [2.45, 2.75) is 25.7 Å². The number of benzene rings is 2. The topological polar surface area (TPSA) is 49.8 Å². The molecule has 0 aliphatic heterocycles. The van der Waals surface area contributed by atoms with Crippen LogP contribution < -0.4 is 10.6 Å². The van der Waals surface area contributed by atoms with Crippen LogP contribution >= 0.6 is 27.3 Å². The molecule has 2 N–H and O–H groups in total. The van der Waals surface area contributed by atoms with Crippen molar-refractivity contribution in [1.82, 2.24) is 15.5 Å². The first-order chi connectivity index (χ1) is 15.3. The van der Waals surface area contributed by atoms with E-state index in [-0.39, 0.29) is 11.4 Å². The molecule has 166 valence electrons. The summed E-state index contributed by atoms with van der Waals surface area (Å²) in [4.78, 5) is 2.18. The molecule has 1 atom stereocenters. The van der Waals surface area contributed by atoms with Crippen LogP contribution in [0.4, 0.5) is 19.0 Å². The van der Waals surface area contributed by atoms with Crippen molar-refractivity contribution >= 4 is 43.9 Å². The van der Waals surface area contributed by atoms with Gasteiger partial charge in [0.1, 0.15) is 0 Å². The van der Waals surface area contributed by atoms with Gasteiger partial charge >= 0.3 is 6.18 Å². The van der Waals surface area contributed by atoms with E-state index in [4.69, 9.17) is 0 Å². The number of hydrogen-bond donors (Lipinski definition) is 2. The lowest BCUT2D eigenvalue weighted by atomic mass is 10.1. The molecule has 2 aromatic heterocycles. The van der Waals surface area contributed by atoms with Gasteiger partial charge in [-0.2, -0.15) is 13.2 Å². The van der Waals surface area contributed by atoms with Gasteiger partial charge in [-0.1, -0.05) is 46.3 Å². The molecule has 0 bridgehead atoms. The Balaban J connectivity index is 1.66. The van der Waals surface area contributed by atoms with Gasteiger partial charge in [0, 0.05) is 31.5 Å². The number of fused-ring (bicyclic) bond motifs is 1. The van der Waals surface area contributed by atoms with Crippen LogP contribution in [0.15, 0.2) is 59.1 Å². The number of alkyl halides is 3. The van der Waals surface area contributed by atoms with Gasteiger partial charge in [-0.3, -0.25) is 0 Å². The number of nitrogens with one attached hydrogen (secondary N) is 2. The van der Waals surface area contributed by atoms with Gasteiger partial charge < -0.3 is 10.6 Å². The van der Waals surface area contributed by atoms with Gasteiger partial charge in [0.15, 0.2) is 11.5 Å². The lowest BCUT2D eigenvalue weighted by molar-refractivity contribution is -0.140. The van der Waals surface area contributed by atoms with E-state index < -0.39 is 11.9 Å². The molecule has 9 heteroatoms. The first-order valence-electron chi connectivity index (χ1n) is 9.90. The van der Waals surface area contributed by atoms with Crippen LogP contribution in [0.25, 0.3) is 21.2 Å². The summed E-state index contributed by atoms with van der Waals surface area (Å²) in [5.41, 5.74) is 1.38. The minimum absolute atomic E-state index is 0.0123. The summed E-state index contributed by atoms with van der Waals surface area (Å²) in [6, 6.07) is 16.7. The van der Waals surface area contributed by atoms with Crippen LogP contribution in [0.1, 0.15) is 29.1 Å². The fourth-order valence-electron chi connectivity index (χ4n) is 3.55. The Kier molecular flexibility index (Phi) is 6.50. The third-order valence-electron chi connectivity index (χ3n) is 5.07. The molecule has 0 spiro atoms. The molecule has 0 fully saturated rings. The first-order valence-corrected chi connectivity index (χ1v) is 11.5. The lowest BCUT2D eigenvalue weighted by Crippen LogP contribution is -2.13. The van der Waals surface area contributed by atoms with E-state index in [1.165, 1.54) is 11.6 Å². The number of nitrogens with zero attached hydrogens (tertiary/aromatic N) is 2.